The highest BCUT2D eigenvalue weighted by Gasteiger charge is 2.25. The van der Waals surface area contributed by atoms with E-state index < -0.39 is 5.60 Å². The number of carbonyl (C=O) groups excluding carboxylic acids is 2. The molecule has 1 fully saturated rings. The molecule has 0 saturated carbocycles. The zero-order chi connectivity index (χ0) is 14.5. The van der Waals surface area contributed by atoms with Crippen molar-refractivity contribution in [3.63, 3.8) is 0 Å². The van der Waals surface area contributed by atoms with Crippen molar-refractivity contribution >= 4 is 12.0 Å². The Bertz CT molecular complexity index is 319. The summed E-state index contributed by atoms with van der Waals surface area (Å²) in [4.78, 5) is 26.7. The van der Waals surface area contributed by atoms with E-state index in [1.54, 1.807) is 4.90 Å². The van der Waals surface area contributed by atoms with Crippen molar-refractivity contribution < 1.29 is 14.3 Å². The molecule has 0 spiro atoms. The lowest BCUT2D eigenvalue weighted by molar-refractivity contribution is -0.121. The maximum Gasteiger partial charge on any atom is 0.410 e. The molecule has 1 heterocycles. The van der Waals surface area contributed by atoms with Gasteiger partial charge in [-0.3, -0.25) is 15.1 Å². The van der Waals surface area contributed by atoms with Gasteiger partial charge in [-0.2, -0.15) is 0 Å². The lowest BCUT2D eigenvalue weighted by Gasteiger charge is -2.35. The van der Waals surface area contributed by atoms with E-state index in [9.17, 15) is 9.59 Å². The molecule has 0 radical (unpaired) electrons. The highest BCUT2D eigenvalue weighted by atomic mass is 16.6. The van der Waals surface area contributed by atoms with Crippen LogP contribution in [0, 0.1) is 0 Å². The molecule has 0 aromatic carbocycles. The molecule has 1 aliphatic rings. The van der Waals surface area contributed by atoms with Crippen LogP contribution in [-0.4, -0.2) is 60.1 Å². The third-order valence-electron chi connectivity index (χ3n) is 2.84. The summed E-state index contributed by atoms with van der Waals surface area (Å²) >= 11 is 0. The number of hydrazine groups is 1. The second kappa shape index (κ2) is 6.72. The van der Waals surface area contributed by atoms with Crippen LogP contribution in [0.5, 0.6) is 0 Å². The van der Waals surface area contributed by atoms with E-state index in [0.29, 0.717) is 26.1 Å². The smallest absolute Gasteiger partial charge is 0.410 e. The van der Waals surface area contributed by atoms with Gasteiger partial charge in [0.15, 0.2) is 0 Å². The minimum absolute atomic E-state index is 0.172. The van der Waals surface area contributed by atoms with Crippen LogP contribution >= 0.6 is 0 Å². The van der Waals surface area contributed by atoms with Gasteiger partial charge in [0.05, 0.1) is 0 Å². The van der Waals surface area contributed by atoms with Crippen LogP contribution in [0.1, 0.15) is 27.2 Å². The third kappa shape index (κ3) is 5.89. The number of hydrogen-bond acceptors (Lipinski definition) is 5. The Morgan fingerprint density at radius 1 is 1.21 bits per heavy atom. The first kappa shape index (κ1) is 15.7. The van der Waals surface area contributed by atoms with E-state index in [0.717, 1.165) is 13.1 Å². The molecular weight excluding hydrogens is 248 g/mol. The Kier molecular flexibility index (Phi) is 5.56. The lowest BCUT2D eigenvalue weighted by Crippen LogP contribution is -2.50. The minimum Gasteiger partial charge on any atom is -0.444 e. The quantitative estimate of drug-likeness (QED) is 0.426. The van der Waals surface area contributed by atoms with E-state index in [4.69, 9.17) is 10.6 Å². The molecule has 2 amide bonds. The van der Waals surface area contributed by atoms with Crippen molar-refractivity contribution in [3.05, 3.63) is 0 Å². The van der Waals surface area contributed by atoms with Gasteiger partial charge in [0.1, 0.15) is 5.60 Å². The molecule has 0 unspecified atom stereocenters. The van der Waals surface area contributed by atoms with E-state index in [1.807, 2.05) is 20.8 Å². The molecule has 1 rings (SSSR count). The summed E-state index contributed by atoms with van der Waals surface area (Å²) in [7, 11) is 0. The average molecular weight is 272 g/mol. The van der Waals surface area contributed by atoms with Gasteiger partial charge < -0.3 is 9.64 Å². The Morgan fingerprint density at radius 2 is 1.79 bits per heavy atom. The Hall–Kier alpha value is -1.34. The normalized spacial score (nSPS) is 17.2. The van der Waals surface area contributed by atoms with Crippen LogP contribution in [0.25, 0.3) is 0 Å². The summed E-state index contributed by atoms with van der Waals surface area (Å²) in [5.74, 6) is 4.85. The van der Waals surface area contributed by atoms with E-state index in [-0.39, 0.29) is 12.0 Å². The zero-order valence-electron chi connectivity index (χ0n) is 11.9. The first-order valence-corrected chi connectivity index (χ1v) is 6.51. The Morgan fingerprint density at radius 3 is 2.26 bits per heavy atom. The minimum atomic E-state index is -0.465. The molecule has 3 N–H and O–H groups in total. The molecule has 7 nitrogen and oxygen atoms in total. The molecule has 0 bridgehead atoms. The molecule has 19 heavy (non-hydrogen) atoms. The first-order valence-electron chi connectivity index (χ1n) is 6.51. The number of ether oxygens (including phenoxy) is 1. The van der Waals surface area contributed by atoms with Crippen molar-refractivity contribution in [2.75, 3.05) is 32.7 Å². The lowest BCUT2D eigenvalue weighted by atomic mass is 10.2. The number of nitrogens with two attached hydrogens (primary N) is 1. The van der Waals surface area contributed by atoms with Gasteiger partial charge in [0, 0.05) is 39.1 Å². The fourth-order valence-electron chi connectivity index (χ4n) is 1.81. The fourth-order valence-corrected chi connectivity index (χ4v) is 1.81. The summed E-state index contributed by atoms with van der Waals surface area (Å²) < 4.78 is 5.32. The third-order valence-corrected chi connectivity index (χ3v) is 2.84. The maximum atomic E-state index is 11.8. The predicted octanol–water partition coefficient (Wildman–Crippen LogP) is -0.0809. The van der Waals surface area contributed by atoms with Gasteiger partial charge in [0.2, 0.25) is 5.91 Å². The largest absolute Gasteiger partial charge is 0.444 e. The SMILES string of the molecule is CC(C)(C)OC(=O)N1CCN(CCC(=O)NN)CC1. The second-order valence-electron chi connectivity index (χ2n) is 5.63. The average Bonchev–Trinajstić information content (AvgIpc) is 2.34. The molecule has 110 valence electrons. The molecule has 7 heteroatoms. The predicted molar refractivity (Wildman–Crippen MR) is 71.2 cm³/mol. The van der Waals surface area contributed by atoms with Gasteiger partial charge in [0.25, 0.3) is 0 Å². The molecule has 0 atom stereocenters. The van der Waals surface area contributed by atoms with Crippen molar-refractivity contribution in [1.82, 2.24) is 15.2 Å². The number of nitrogens with one attached hydrogen (secondary N) is 1. The summed E-state index contributed by atoms with van der Waals surface area (Å²) in [6.07, 6.45) is 0.106. The van der Waals surface area contributed by atoms with Crippen molar-refractivity contribution in [3.8, 4) is 0 Å². The molecule has 0 aromatic rings. The van der Waals surface area contributed by atoms with Crippen LogP contribution < -0.4 is 11.3 Å². The number of rotatable bonds is 3. The fraction of sp³-hybridized carbons (Fsp3) is 0.833. The number of nitrogens with zero attached hydrogens (tertiary/aromatic N) is 2. The topological polar surface area (TPSA) is 87.9 Å². The van der Waals surface area contributed by atoms with Crippen molar-refractivity contribution in [2.24, 2.45) is 5.84 Å². The van der Waals surface area contributed by atoms with E-state index in [2.05, 4.69) is 10.3 Å². The summed E-state index contributed by atoms with van der Waals surface area (Å²) in [5.41, 5.74) is 1.64. The zero-order valence-corrected chi connectivity index (χ0v) is 11.9. The van der Waals surface area contributed by atoms with Gasteiger partial charge in [-0.25, -0.2) is 10.6 Å². The van der Waals surface area contributed by atoms with E-state index >= 15 is 0 Å². The van der Waals surface area contributed by atoms with Crippen molar-refractivity contribution in [2.45, 2.75) is 32.8 Å². The van der Waals surface area contributed by atoms with Crippen LogP contribution in [0.4, 0.5) is 4.79 Å². The Balaban J connectivity index is 2.29. The van der Waals surface area contributed by atoms with Crippen molar-refractivity contribution in [1.29, 1.82) is 0 Å². The highest BCUT2D eigenvalue weighted by molar-refractivity contribution is 5.75. The van der Waals surface area contributed by atoms with Crippen LogP contribution in [0.2, 0.25) is 0 Å². The number of amides is 2. The molecule has 0 aliphatic carbocycles. The maximum absolute atomic E-state index is 11.8. The standard InChI is InChI=1S/C12H24N4O3/c1-12(2,3)19-11(18)16-8-6-15(7-9-16)5-4-10(17)14-13/h4-9,13H2,1-3H3,(H,14,17). The monoisotopic (exact) mass is 272 g/mol. The van der Waals surface area contributed by atoms with Crippen LogP contribution in [0.15, 0.2) is 0 Å². The molecule has 1 aliphatic heterocycles. The van der Waals surface area contributed by atoms with E-state index in [1.165, 1.54) is 0 Å². The number of piperazine rings is 1. The number of hydrogen-bond donors (Lipinski definition) is 2. The summed E-state index contributed by atoms with van der Waals surface area (Å²) in [5, 5.41) is 0. The van der Waals surface area contributed by atoms with Gasteiger partial charge in [-0.15, -0.1) is 0 Å². The van der Waals surface area contributed by atoms with Gasteiger partial charge in [-0.1, -0.05) is 0 Å². The second-order valence-corrected chi connectivity index (χ2v) is 5.63. The molecule has 1 saturated heterocycles. The van der Waals surface area contributed by atoms with Crippen LogP contribution in [0.3, 0.4) is 0 Å². The van der Waals surface area contributed by atoms with Gasteiger partial charge in [-0.05, 0) is 20.8 Å². The van der Waals surface area contributed by atoms with Crippen LogP contribution in [-0.2, 0) is 9.53 Å². The molecule has 0 aromatic heterocycles. The summed E-state index contributed by atoms with van der Waals surface area (Å²) in [6, 6.07) is 0. The van der Waals surface area contributed by atoms with Gasteiger partial charge >= 0.3 is 6.09 Å². The Labute approximate surface area is 114 Å². The molecular formula is C12H24N4O3. The first-order chi connectivity index (χ1) is 8.81. The highest BCUT2D eigenvalue weighted by Crippen LogP contribution is 2.11. The summed E-state index contributed by atoms with van der Waals surface area (Å²) in [6.45, 7) is 8.96. The number of carbonyl (C=O) groups is 2.